The lowest BCUT2D eigenvalue weighted by atomic mass is 10.1. The van der Waals surface area contributed by atoms with Gasteiger partial charge >= 0.3 is 7.68 Å². The maximum Gasteiger partial charge on any atom is 0.367 e. The van der Waals surface area contributed by atoms with E-state index in [9.17, 15) is 8.76 Å². The Morgan fingerprint density at radius 2 is 1.85 bits per heavy atom. The summed E-state index contributed by atoms with van der Waals surface area (Å²) in [6, 6.07) is 0. The average Bonchev–Trinajstić information content (AvgIpc) is 2.00. The smallest absolute Gasteiger partial charge is 0.302 e. The van der Waals surface area contributed by atoms with Crippen molar-refractivity contribution >= 4 is 7.68 Å². The molecular weight excluding hydrogens is 190 g/mol. The quantitative estimate of drug-likeness (QED) is 0.619. The molecule has 80 valence electrons. The predicted octanol–water partition coefficient (Wildman–Crippen LogP) is 4.01. The van der Waals surface area contributed by atoms with Gasteiger partial charge in [0, 0.05) is 0 Å². The van der Waals surface area contributed by atoms with Crippen LogP contribution in [0.3, 0.4) is 0 Å². The Bertz CT molecular complexity index is 182. The molecule has 0 fully saturated rings. The van der Waals surface area contributed by atoms with Crippen LogP contribution in [0.5, 0.6) is 0 Å². The first-order valence-corrected chi connectivity index (χ1v) is 6.54. The fraction of sp³-hybridized carbons (Fsp3) is 1.00. The van der Waals surface area contributed by atoms with Crippen molar-refractivity contribution in [2.45, 2.75) is 46.6 Å². The van der Waals surface area contributed by atoms with Gasteiger partial charge < -0.3 is 4.52 Å². The second-order valence-corrected chi connectivity index (χ2v) is 5.82. The fourth-order valence-corrected chi connectivity index (χ4v) is 1.76. The molecule has 0 spiro atoms. The van der Waals surface area contributed by atoms with Gasteiger partial charge in [-0.25, -0.2) is 0 Å². The van der Waals surface area contributed by atoms with Crippen LogP contribution in [0.15, 0.2) is 0 Å². The topological polar surface area (TPSA) is 26.3 Å². The van der Waals surface area contributed by atoms with Crippen LogP contribution in [0.2, 0.25) is 0 Å². The lowest BCUT2D eigenvalue weighted by Gasteiger charge is -2.15. The van der Waals surface area contributed by atoms with E-state index < -0.39 is 7.68 Å². The van der Waals surface area contributed by atoms with Crippen molar-refractivity contribution in [3.05, 3.63) is 0 Å². The molecule has 0 N–H and O–H groups in total. The Balaban J connectivity index is 3.74. The van der Waals surface area contributed by atoms with Crippen molar-refractivity contribution < 1.29 is 13.3 Å². The molecule has 0 aromatic heterocycles. The normalized spacial score (nSPS) is 18.6. The molecule has 0 radical (unpaired) electrons. The molecule has 2 atom stereocenters. The zero-order chi connectivity index (χ0) is 10.5. The molecule has 2 unspecified atom stereocenters. The third-order valence-electron chi connectivity index (χ3n) is 1.87. The van der Waals surface area contributed by atoms with Crippen LogP contribution in [-0.4, -0.2) is 12.3 Å². The molecule has 0 heterocycles. The number of halogens is 1. The van der Waals surface area contributed by atoms with Gasteiger partial charge in [0.15, 0.2) is 0 Å². The molecule has 13 heavy (non-hydrogen) atoms. The maximum atomic E-state index is 12.9. The van der Waals surface area contributed by atoms with Crippen molar-refractivity contribution in [1.82, 2.24) is 0 Å². The number of rotatable bonds is 6. The molecule has 0 rings (SSSR count). The maximum absolute atomic E-state index is 12.9. The summed E-state index contributed by atoms with van der Waals surface area (Å²) in [5.41, 5.74) is 0. The van der Waals surface area contributed by atoms with Crippen LogP contribution in [0.25, 0.3) is 0 Å². The lowest BCUT2D eigenvalue weighted by Crippen LogP contribution is -2.07. The third kappa shape index (κ3) is 7.21. The van der Waals surface area contributed by atoms with Crippen molar-refractivity contribution in [1.29, 1.82) is 0 Å². The molecule has 2 nitrogen and oxygen atoms in total. The van der Waals surface area contributed by atoms with E-state index in [1.807, 2.05) is 0 Å². The Kier molecular flexibility index (Phi) is 5.82. The van der Waals surface area contributed by atoms with Gasteiger partial charge in [-0.05, 0) is 25.7 Å². The molecule has 0 aromatic rings. The Morgan fingerprint density at radius 1 is 1.31 bits per heavy atom. The van der Waals surface area contributed by atoms with E-state index in [-0.39, 0.29) is 12.3 Å². The van der Waals surface area contributed by atoms with Crippen LogP contribution in [0.1, 0.15) is 40.5 Å². The highest BCUT2D eigenvalue weighted by atomic mass is 31.2. The van der Waals surface area contributed by atoms with Crippen molar-refractivity contribution in [2.75, 3.05) is 6.16 Å². The number of hydrogen-bond donors (Lipinski definition) is 0. The first-order chi connectivity index (χ1) is 5.87. The molecule has 0 saturated carbocycles. The lowest BCUT2D eigenvalue weighted by molar-refractivity contribution is 0.189. The third-order valence-corrected chi connectivity index (χ3v) is 3.30. The zero-order valence-corrected chi connectivity index (χ0v) is 9.81. The minimum Gasteiger partial charge on any atom is -0.302 e. The van der Waals surface area contributed by atoms with Gasteiger partial charge in [0.05, 0.1) is 12.3 Å². The molecule has 0 aromatic carbocycles. The van der Waals surface area contributed by atoms with E-state index >= 15 is 0 Å². The summed E-state index contributed by atoms with van der Waals surface area (Å²) in [6.07, 6.45) is 1.48. The Labute approximate surface area is 80.4 Å². The summed E-state index contributed by atoms with van der Waals surface area (Å²) in [7, 11) is -3.79. The Hall–Kier alpha value is 0.120. The van der Waals surface area contributed by atoms with Gasteiger partial charge in [-0.2, -0.15) is 4.20 Å². The van der Waals surface area contributed by atoms with Gasteiger partial charge in [-0.3, -0.25) is 4.57 Å². The van der Waals surface area contributed by atoms with Gasteiger partial charge in [-0.1, -0.05) is 20.8 Å². The number of hydrogen-bond acceptors (Lipinski definition) is 2. The first-order valence-electron chi connectivity index (χ1n) is 4.84. The minimum absolute atomic E-state index is 0.0288. The van der Waals surface area contributed by atoms with Crippen molar-refractivity contribution in [2.24, 2.45) is 5.92 Å². The van der Waals surface area contributed by atoms with Gasteiger partial charge in [0.25, 0.3) is 0 Å². The van der Waals surface area contributed by atoms with Crippen molar-refractivity contribution in [3.63, 3.8) is 0 Å². The van der Waals surface area contributed by atoms with E-state index in [0.717, 1.165) is 12.8 Å². The van der Waals surface area contributed by atoms with Crippen molar-refractivity contribution in [3.8, 4) is 0 Å². The fourth-order valence-electron chi connectivity index (χ4n) is 0.964. The summed E-state index contributed by atoms with van der Waals surface area (Å²) < 4.78 is 28.7. The monoisotopic (exact) mass is 210 g/mol. The second-order valence-electron chi connectivity index (χ2n) is 3.79. The molecule has 4 heteroatoms. The van der Waals surface area contributed by atoms with Gasteiger partial charge in [-0.15, -0.1) is 0 Å². The van der Waals surface area contributed by atoms with E-state index in [1.165, 1.54) is 6.92 Å². The van der Waals surface area contributed by atoms with Gasteiger partial charge in [0.1, 0.15) is 0 Å². The SMILES string of the molecule is CCP(=O)(F)OC(C)CCC(C)C. The van der Waals surface area contributed by atoms with Crippen LogP contribution in [0.4, 0.5) is 4.20 Å². The zero-order valence-electron chi connectivity index (χ0n) is 8.92. The van der Waals surface area contributed by atoms with Crippen LogP contribution < -0.4 is 0 Å². The van der Waals surface area contributed by atoms with Gasteiger partial charge in [0.2, 0.25) is 0 Å². The average molecular weight is 210 g/mol. The van der Waals surface area contributed by atoms with E-state index in [1.54, 1.807) is 6.92 Å². The highest BCUT2D eigenvalue weighted by Gasteiger charge is 2.22. The van der Waals surface area contributed by atoms with Crippen LogP contribution in [0, 0.1) is 5.92 Å². The standard InChI is InChI=1S/C9H20FO2P/c1-5-13(10,11)12-9(4)7-6-8(2)3/h8-9H,5-7H2,1-4H3. The van der Waals surface area contributed by atoms with E-state index in [2.05, 4.69) is 13.8 Å². The largest absolute Gasteiger partial charge is 0.367 e. The highest BCUT2D eigenvalue weighted by Crippen LogP contribution is 2.49. The summed E-state index contributed by atoms with van der Waals surface area (Å²) in [5, 5.41) is 0. The molecular formula is C9H20FO2P. The summed E-state index contributed by atoms with van der Waals surface area (Å²) >= 11 is 0. The van der Waals surface area contributed by atoms with Crippen LogP contribution in [-0.2, 0) is 9.09 Å². The molecule has 0 amide bonds. The highest BCUT2D eigenvalue weighted by molar-refractivity contribution is 7.53. The molecule has 0 aliphatic heterocycles. The Morgan fingerprint density at radius 3 is 2.23 bits per heavy atom. The van der Waals surface area contributed by atoms with E-state index in [0.29, 0.717) is 5.92 Å². The van der Waals surface area contributed by atoms with E-state index in [4.69, 9.17) is 4.52 Å². The predicted molar refractivity (Wildman–Crippen MR) is 53.9 cm³/mol. The summed E-state index contributed by atoms with van der Waals surface area (Å²) in [6.45, 7) is 7.50. The molecule has 0 saturated heterocycles. The second kappa shape index (κ2) is 5.77. The summed E-state index contributed by atoms with van der Waals surface area (Å²) in [4.78, 5) is 0. The first kappa shape index (κ1) is 13.1. The molecule has 0 aliphatic carbocycles. The summed E-state index contributed by atoms with van der Waals surface area (Å²) in [5.74, 6) is 0.576. The molecule has 0 bridgehead atoms. The minimum atomic E-state index is -3.79. The van der Waals surface area contributed by atoms with Crippen LogP contribution >= 0.6 is 7.68 Å². The molecule has 0 aliphatic rings.